The summed E-state index contributed by atoms with van der Waals surface area (Å²) in [5.74, 6) is 0. The predicted octanol–water partition coefficient (Wildman–Crippen LogP) is 26.7. The first kappa shape index (κ1) is 62.5. The van der Waals surface area contributed by atoms with Crippen LogP contribution in [0.25, 0.3) is 95.3 Å². The van der Waals surface area contributed by atoms with Crippen molar-refractivity contribution < 1.29 is 0 Å². The van der Waals surface area contributed by atoms with Gasteiger partial charge >= 0.3 is 0 Å². The molecule has 460 valence electrons. The zero-order valence-electron chi connectivity index (χ0n) is 54.9. The minimum atomic E-state index is -0.184. The van der Waals surface area contributed by atoms with Crippen molar-refractivity contribution >= 4 is 51.0 Å². The highest BCUT2D eigenvalue weighted by Crippen LogP contribution is 2.57. The average molecular weight is 1190 g/mol. The van der Waals surface area contributed by atoms with Gasteiger partial charge in [0.05, 0.1) is 11.0 Å². The minimum Gasteiger partial charge on any atom is -0.310 e. The summed E-state index contributed by atoms with van der Waals surface area (Å²) in [6.45, 7) is 17.3. The van der Waals surface area contributed by atoms with Gasteiger partial charge in [-0.15, -0.1) is 0 Å². The predicted molar refractivity (Wildman–Crippen MR) is 397 cm³/mol. The number of nitrogens with zero attached hydrogens (tertiary/aromatic N) is 2. The van der Waals surface area contributed by atoms with Crippen LogP contribution in [-0.2, 0) is 18.3 Å². The lowest BCUT2D eigenvalue weighted by Gasteiger charge is -2.34. The maximum atomic E-state index is 4.00. The Morgan fingerprint density at radius 3 is 1.10 bits per heavy atom. The lowest BCUT2D eigenvalue weighted by Crippen LogP contribution is -2.26. The van der Waals surface area contributed by atoms with Crippen LogP contribution < -0.4 is 4.90 Å². The molecule has 0 aliphatic heterocycles. The van der Waals surface area contributed by atoms with Gasteiger partial charge in [-0.25, -0.2) is 0 Å². The number of unbranched alkanes of at least 4 members (excludes halogenated alkanes) is 12. The minimum absolute atomic E-state index is 0.184. The van der Waals surface area contributed by atoms with Gasteiger partial charge in [0.15, 0.2) is 0 Å². The summed E-state index contributed by atoms with van der Waals surface area (Å²) < 4.78 is 2.60. The molecule has 12 rings (SSSR count). The number of anilines is 3. The van der Waals surface area contributed by atoms with E-state index in [1.807, 2.05) is 12.2 Å². The third-order valence-electron chi connectivity index (χ3n) is 19.9. The Hall–Kier alpha value is -8.72. The van der Waals surface area contributed by atoms with E-state index in [9.17, 15) is 0 Å². The van der Waals surface area contributed by atoms with Gasteiger partial charge in [-0.3, -0.25) is 0 Å². The molecule has 0 radical (unpaired) electrons. The van der Waals surface area contributed by atoms with E-state index in [1.54, 1.807) is 0 Å². The smallest absolute Gasteiger partial charge is 0.0541 e. The molecule has 0 saturated heterocycles. The molecule has 1 aliphatic carbocycles. The monoisotopic (exact) mass is 1190 g/mol. The molecule has 1 heterocycles. The van der Waals surface area contributed by atoms with Crippen molar-refractivity contribution in [3.63, 3.8) is 0 Å². The lowest BCUT2D eigenvalue weighted by atomic mass is 9.70. The van der Waals surface area contributed by atoms with Crippen molar-refractivity contribution in [3.8, 4) is 61.3 Å². The van der Waals surface area contributed by atoms with Crippen molar-refractivity contribution in [3.05, 3.63) is 265 Å². The highest BCUT2D eigenvalue weighted by molar-refractivity contribution is 6.12. The van der Waals surface area contributed by atoms with Gasteiger partial charge in [0, 0.05) is 38.9 Å². The standard InChI is InChI=1S/C89H94N2/c1-7-13-17-21-25-67-31-39-73(40-32-67)75-47-57-87-83(61-75)84-62-76(74-41-33-68(34-42-74)26-22-18-14-8-2)48-58-88(84)91(87)80-54-56-82-81-55-53-79(63-85(81)89(86(82)64-80,59-23-19-15-9-3)60-24-20-16-10-4)90(77-49-43-71(44-50-77)69-35-27-65(11-5)28-36-69)78-51-45-72(46-52-78)70-37-29-66(12-6)30-38-70/h11-12,27-58,61-64H,5-10,13-26,59-60H2,1-4H3. The van der Waals surface area contributed by atoms with Gasteiger partial charge in [-0.2, -0.15) is 0 Å². The molecule has 2 nitrogen and oxygen atoms in total. The molecule has 0 unspecified atom stereocenters. The van der Waals surface area contributed by atoms with Crippen LogP contribution in [0, 0.1) is 0 Å². The molecule has 0 atom stereocenters. The summed E-state index contributed by atoms with van der Waals surface area (Å²) in [4.78, 5) is 2.50. The second kappa shape index (κ2) is 29.5. The summed E-state index contributed by atoms with van der Waals surface area (Å²) in [6, 6.07) is 84.3. The van der Waals surface area contributed by atoms with E-state index in [-0.39, 0.29) is 5.41 Å². The van der Waals surface area contributed by atoms with Gasteiger partial charge in [0.25, 0.3) is 0 Å². The normalized spacial score (nSPS) is 12.4. The zero-order valence-corrected chi connectivity index (χ0v) is 54.9. The van der Waals surface area contributed by atoms with Crippen molar-refractivity contribution in [1.29, 1.82) is 0 Å². The molecule has 1 aromatic heterocycles. The molecule has 0 saturated carbocycles. The number of rotatable bonds is 30. The SMILES string of the molecule is C=Cc1ccc(-c2ccc(N(c3ccc(-c4ccc(C=C)cc4)cc3)c3ccc4c(c3)C(CCCCCC)(CCCCCC)c3cc(-n5c6ccc(-c7ccc(CCCCCC)cc7)cc6c6cc(-c7ccc(CCCCCC)cc7)ccc65)ccc3-4)cc2)cc1. The van der Waals surface area contributed by atoms with Gasteiger partial charge in [-0.05, 0) is 200 Å². The van der Waals surface area contributed by atoms with Crippen molar-refractivity contribution in [2.75, 3.05) is 4.90 Å². The van der Waals surface area contributed by atoms with Crippen LogP contribution in [0.3, 0.4) is 0 Å². The van der Waals surface area contributed by atoms with E-state index in [0.717, 1.165) is 48.2 Å². The van der Waals surface area contributed by atoms with Crippen LogP contribution >= 0.6 is 0 Å². The number of aryl methyl sites for hydroxylation is 2. The number of hydrogen-bond acceptors (Lipinski definition) is 1. The molecule has 2 heteroatoms. The van der Waals surface area contributed by atoms with E-state index in [2.05, 4.69) is 269 Å². The third-order valence-corrected chi connectivity index (χ3v) is 19.9. The fourth-order valence-corrected chi connectivity index (χ4v) is 14.7. The Bertz CT molecular complexity index is 3990. The molecule has 10 aromatic carbocycles. The van der Waals surface area contributed by atoms with E-state index in [4.69, 9.17) is 0 Å². The molecule has 0 N–H and O–H groups in total. The second-order valence-corrected chi connectivity index (χ2v) is 26.1. The van der Waals surface area contributed by atoms with E-state index in [0.29, 0.717) is 0 Å². The Balaban J connectivity index is 0.988. The summed E-state index contributed by atoms with van der Waals surface area (Å²) in [6.07, 6.45) is 28.3. The number of hydrogen-bond donors (Lipinski definition) is 0. The summed E-state index contributed by atoms with van der Waals surface area (Å²) >= 11 is 0. The quantitative estimate of drug-likeness (QED) is 0.0408. The highest BCUT2D eigenvalue weighted by atomic mass is 15.1. The Morgan fingerprint density at radius 2 is 0.681 bits per heavy atom. The number of fused-ring (bicyclic) bond motifs is 6. The molecule has 0 bridgehead atoms. The number of aromatic nitrogens is 1. The average Bonchev–Trinajstić information content (AvgIpc) is 1.58. The molecule has 0 amide bonds. The van der Waals surface area contributed by atoms with Crippen LogP contribution in [0.2, 0.25) is 0 Å². The van der Waals surface area contributed by atoms with Crippen LogP contribution in [-0.4, -0.2) is 4.57 Å². The molecule has 91 heavy (non-hydrogen) atoms. The van der Waals surface area contributed by atoms with Crippen molar-refractivity contribution in [1.82, 2.24) is 4.57 Å². The number of benzene rings is 10. The summed E-state index contributed by atoms with van der Waals surface area (Å²) in [7, 11) is 0. The molecule has 0 spiro atoms. The topological polar surface area (TPSA) is 8.17 Å². The fourth-order valence-electron chi connectivity index (χ4n) is 14.7. The van der Waals surface area contributed by atoms with Gasteiger partial charge in [0.1, 0.15) is 0 Å². The second-order valence-electron chi connectivity index (χ2n) is 26.1. The molecular weight excluding hydrogens is 1100 g/mol. The maximum Gasteiger partial charge on any atom is 0.0541 e. The first-order chi connectivity index (χ1) is 44.8. The Kier molecular flexibility index (Phi) is 20.2. The molecule has 0 fully saturated rings. The van der Waals surface area contributed by atoms with Crippen LogP contribution in [0.15, 0.2) is 232 Å². The van der Waals surface area contributed by atoms with Crippen LogP contribution in [0.1, 0.15) is 177 Å². The van der Waals surface area contributed by atoms with E-state index >= 15 is 0 Å². The first-order valence-corrected chi connectivity index (χ1v) is 34.9. The Labute approximate surface area is 545 Å². The third kappa shape index (κ3) is 13.7. The van der Waals surface area contributed by atoms with Crippen LogP contribution in [0.4, 0.5) is 17.1 Å². The molecule has 11 aromatic rings. The van der Waals surface area contributed by atoms with Crippen molar-refractivity contribution in [2.24, 2.45) is 0 Å². The van der Waals surface area contributed by atoms with Gasteiger partial charge in [-0.1, -0.05) is 288 Å². The van der Waals surface area contributed by atoms with Gasteiger partial charge < -0.3 is 9.47 Å². The molecule has 1 aliphatic rings. The summed E-state index contributed by atoms with van der Waals surface area (Å²) in [5, 5.41) is 2.59. The van der Waals surface area contributed by atoms with E-state index in [1.165, 1.54) is 214 Å². The van der Waals surface area contributed by atoms with E-state index < -0.39 is 0 Å². The lowest BCUT2D eigenvalue weighted by molar-refractivity contribution is 0.401. The summed E-state index contributed by atoms with van der Waals surface area (Å²) in [5.41, 5.74) is 27.7. The Morgan fingerprint density at radius 1 is 0.330 bits per heavy atom. The van der Waals surface area contributed by atoms with Crippen LogP contribution in [0.5, 0.6) is 0 Å². The largest absolute Gasteiger partial charge is 0.310 e. The van der Waals surface area contributed by atoms with Crippen molar-refractivity contribution in [2.45, 2.75) is 162 Å². The fraction of sp³-hybridized carbons (Fsp3) is 0.281. The molecular formula is C89H94N2. The maximum absolute atomic E-state index is 4.00. The van der Waals surface area contributed by atoms with Gasteiger partial charge in [0.2, 0.25) is 0 Å². The zero-order chi connectivity index (χ0) is 62.5. The highest BCUT2D eigenvalue weighted by Gasteiger charge is 2.43. The first-order valence-electron chi connectivity index (χ1n) is 34.9.